The van der Waals surface area contributed by atoms with Gasteiger partial charge in [-0.3, -0.25) is 4.79 Å². The van der Waals surface area contributed by atoms with Crippen molar-refractivity contribution in [2.75, 3.05) is 6.54 Å². The van der Waals surface area contributed by atoms with Gasteiger partial charge in [-0.2, -0.15) is 0 Å². The first-order valence-corrected chi connectivity index (χ1v) is 8.69. The van der Waals surface area contributed by atoms with Crippen LogP contribution in [0.1, 0.15) is 53.8 Å². The largest absolute Gasteiger partial charge is 0.478 e. The zero-order chi connectivity index (χ0) is 18.9. The van der Waals surface area contributed by atoms with E-state index in [1.54, 1.807) is 12.1 Å². The fourth-order valence-corrected chi connectivity index (χ4v) is 2.94. The molecule has 6 heteroatoms. The zero-order valence-corrected chi connectivity index (χ0v) is 15.3. The van der Waals surface area contributed by atoms with Crippen molar-refractivity contribution in [2.24, 2.45) is 0 Å². The average Bonchev–Trinajstić information content (AvgIpc) is 2.60. The van der Waals surface area contributed by atoms with E-state index < -0.39 is 5.97 Å². The summed E-state index contributed by atoms with van der Waals surface area (Å²) in [5, 5.41) is 8.94. The van der Waals surface area contributed by atoms with E-state index in [0.29, 0.717) is 13.1 Å². The molecule has 0 spiro atoms. The third kappa shape index (κ3) is 3.90. The van der Waals surface area contributed by atoms with Gasteiger partial charge < -0.3 is 10.0 Å². The maximum absolute atomic E-state index is 12.6. The second-order valence-electron chi connectivity index (χ2n) is 7.66. The van der Waals surface area contributed by atoms with Crippen molar-refractivity contribution in [3.8, 4) is 0 Å². The average molecular weight is 353 g/mol. The summed E-state index contributed by atoms with van der Waals surface area (Å²) in [6.45, 7) is 7.42. The highest BCUT2D eigenvalue weighted by Crippen LogP contribution is 2.23. The lowest BCUT2D eigenvalue weighted by Gasteiger charge is -2.29. The highest BCUT2D eigenvalue weighted by Gasteiger charge is 2.25. The van der Waals surface area contributed by atoms with Gasteiger partial charge in [-0.25, -0.2) is 14.8 Å². The molecule has 1 aliphatic heterocycles. The number of carboxylic acids is 1. The van der Waals surface area contributed by atoms with Gasteiger partial charge in [-0.15, -0.1) is 0 Å². The molecule has 2 heterocycles. The van der Waals surface area contributed by atoms with Crippen molar-refractivity contribution in [2.45, 2.75) is 45.6 Å². The zero-order valence-electron chi connectivity index (χ0n) is 15.3. The number of fused-ring (bicyclic) bond motifs is 1. The molecular weight excluding hydrogens is 330 g/mol. The third-order valence-electron chi connectivity index (χ3n) is 4.51. The molecule has 0 saturated carbocycles. The summed E-state index contributed by atoms with van der Waals surface area (Å²) in [5.41, 5.74) is 2.97. The van der Waals surface area contributed by atoms with E-state index in [4.69, 9.17) is 5.11 Å². The second-order valence-corrected chi connectivity index (χ2v) is 7.66. The first-order chi connectivity index (χ1) is 12.2. The predicted octanol–water partition coefficient (Wildman–Crippen LogP) is 2.60. The Morgan fingerprint density at radius 2 is 1.88 bits per heavy atom. The van der Waals surface area contributed by atoms with Crippen LogP contribution in [0.25, 0.3) is 0 Å². The molecular formula is C20H23N3O3. The lowest BCUT2D eigenvalue weighted by Crippen LogP contribution is -2.37. The number of carboxylic acid groups (broad SMARTS) is 1. The lowest BCUT2D eigenvalue weighted by atomic mass is 9.95. The van der Waals surface area contributed by atoms with Crippen molar-refractivity contribution >= 4 is 11.9 Å². The molecule has 3 rings (SSSR count). The van der Waals surface area contributed by atoms with Gasteiger partial charge in [0, 0.05) is 36.7 Å². The monoisotopic (exact) mass is 353 g/mol. The Labute approximate surface area is 152 Å². The molecule has 0 bridgehead atoms. The van der Waals surface area contributed by atoms with Crippen LogP contribution in [0.3, 0.4) is 0 Å². The number of carbonyl (C=O) groups excluding carboxylic acids is 1. The summed E-state index contributed by atoms with van der Waals surface area (Å²) in [6, 6.07) is 6.44. The van der Waals surface area contributed by atoms with Crippen LogP contribution in [0, 0.1) is 0 Å². The van der Waals surface area contributed by atoms with E-state index in [1.165, 1.54) is 12.1 Å². The number of aromatic carboxylic acids is 1. The minimum absolute atomic E-state index is 0.0265. The number of aromatic nitrogens is 2. The normalized spacial score (nSPS) is 14.0. The van der Waals surface area contributed by atoms with Crippen LogP contribution in [0.4, 0.5) is 0 Å². The molecule has 1 amide bonds. The van der Waals surface area contributed by atoms with Gasteiger partial charge in [0.2, 0.25) is 5.91 Å². The van der Waals surface area contributed by atoms with Crippen LogP contribution < -0.4 is 0 Å². The van der Waals surface area contributed by atoms with Crippen LogP contribution in [0.2, 0.25) is 0 Å². The fraction of sp³-hybridized carbons (Fsp3) is 0.400. The third-order valence-corrected chi connectivity index (χ3v) is 4.51. The molecule has 0 aliphatic carbocycles. The van der Waals surface area contributed by atoms with Crippen LogP contribution in [-0.2, 0) is 29.6 Å². The molecule has 1 aromatic heterocycles. The van der Waals surface area contributed by atoms with Gasteiger partial charge in [-0.1, -0.05) is 32.9 Å². The fourth-order valence-electron chi connectivity index (χ4n) is 2.94. The molecule has 26 heavy (non-hydrogen) atoms. The summed E-state index contributed by atoms with van der Waals surface area (Å²) in [7, 11) is 0. The van der Waals surface area contributed by atoms with E-state index in [-0.39, 0.29) is 23.3 Å². The SMILES string of the molecule is CC(C)(C)c1ncc2c(n1)CCN(C(=O)Cc1ccc(C(=O)O)cc1)C2. The Morgan fingerprint density at radius 3 is 2.50 bits per heavy atom. The maximum Gasteiger partial charge on any atom is 0.335 e. The molecule has 0 atom stereocenters. The minimum Gasteiger partial charge on any atom is -0.478 e. The molecule has 6 nitrogen and oxygen atoms in total. The van der Waals surface area contributed by atoms with Crippen molar-refractivity contribution in [1.82, 2.24) is 14.9 Å². The van der Waals surface area contributed by atoms with E-state index in [0.717, 1.165) is 29.1 Å². The highest BCUT2D eigenvalue weighted by atomic mass is 16.4. The van der Waals surface area contributed by atoms with Crippen LogP contribution in [0.15, 0.2) is 30.5 Å². The molecule has 136 valence electrons. The number of benzene rings is 1. The number of amides is 1. The molecule has 0 radical (unpaired) electrons. The summed E-state index contributed by atoms with van der Waals surface area (Å²) in [6.07, 6.45) is 2.82. The second kappa shape index (κ2) is 6.86. The molecule has 1 aliphatic rings. The van der Waals surface area contributed by atoms with E-state index >= 15 is 0 Å². The van der Waals surface area contributed by atoms with Crippen molar-refractivity contribution < 1.29 is 14.7 Å². The maximum atomic E-state index is 12.6. The standard InChI is InChI=1S/C20H23N3O3/c1-20(2,3)19-21-11-15-12-23(9-8-16(15)22-19)17(24)10-13-4-6-14(7-5-13)18(25)26/h4-7,11H,8-10,12H2,1-3H3,(H,25,26). The quantitative estimate of drug-likeness (QED) is 0.917. The Kier molecular flexibility index (Phi) is 4.76. The number of nitrogens with zero attached hydrogens (tertiary/aromatic N) is 3. The molecule has 0 fully saturated rings. The van der Waals surface area contributed by atoms with Gasteiger partial charge in [0.15, 0.2) is 0 Å². The Bertz CT molecular complexity index is 838. The smallest absolute Gasteiger partial charge is 0.335 e. The Morgan fingerprint density at radius 1 is 1.19 bits per heavy atom. The first-order valence-electron chi connectivity index (χ1n) is 8.69. The first kappa shape index (κ1) is 18.0. The van der Waals surface area contributed by atoms with Crippen molar-refractivity contribution in [3.05, 3.63) is 58.7 Å². The highest BCUT2D eigenvalue weighted by molar-refractivity contribution is 5.87. The van der Waals surface area contributed by atoms with Gasteiger partial charge in [0.25, 0.3) is 0 Å². The van der Waals surface area contributed by atoms with Crippen molar-refractivity contribution in [1.29, 1.82) is 0 Å². The van der Waals surface area contributed by atoms with Gasteiger partial charge >= 0.3 is 5.97 Å². The van der Waals surface area contributed by atoms with Crippen LogP contribution in [-0.4, -0.2) is 38.4 Å². The number of carbonyl (C=O) groups is 2. The van der Waals surface area contributed by atoms with E-state index in [2.05, 4.69) is 30.7 Å². The van der Waals surface area contributed by atoms with Gasteiger partial charge in [0.1, 0.15) is 5.82 Å². The summed E-state index contributed by atoms with van der Waals surface area (Å²) in [4.78, 5) is 34.4. The van der Waals surface area contributed by atoms with Crippen LogP contribution >= 0.6 is 0 Å². The molecule has 1 aromatic carbocycles. The van der Waals surface area contributed by atoms with Gasteiger partial charge in [-0.05, 0) is 17.7 Å². The van der Waals surface area contributed by atoms with E-state index in [1.807, 2.05) is 11.1 Å². The molecule has 0 unspecified atom stereocenters. The Hall–Kier alpha value is -2.76. The summed E-state index contributed by atoms with van der Waals surface area (Å²) >= 11 is 0. The number of hydrogen-bond acceptors (Lipinski definition) is 4. The lowest BCUT2D eigenvalue weighted by molar-refractivity contribution is -0.131. The minimum atomic E-state index is -0.967. The topological polar surface area (TPSA) is 83.4 Å². The predicted molar refractivity (Wildman–Crippen MR) is 97.0 cm³/mol. The van der Waals surface area contributed by atoms with Gasteiger partial charge in [0.05, 0.1) is 17.7 Å². The molecule has 0 saturated heterocycles. The van der Waals surface area contributed by atoms with Crippen LogP contribution in [0.5, 0.6) is 0 Å². The summed E-state index contributed by atoms with van der Waals surface area (Å²) in [5.74, 6) is -0.113. The van der Waals surface area contributed by atoms with Crippen molar-refractivity contribution in [3.63, 3.8) is 0 Å². The molecule has 2 aromatic rings. The number of rotatable bonds is 3. The number of hydrogen-bond donors (Lipinski definition) is 1. The molecule has 1 N–H and O–H groups in total. The van der Waals surface area contributed by atoms with E-state index in [9.17, 15) is 9.59 Å². The summed E-state index contributed by atoms with van der Waals surface area (Å²) < 4.78 is 0. The Balaban J connectivity index is 1.68.